The van der Waals surface area contributed by atoms with Gasteiger partial charge in [-0.05, 0) is 55.0 Å². The second kappa shape index (κ2) is 11.5. The Morgan fingerprint density at radius 1 is 0.871 bits per heavy atom. The molecule has 0 aliphatic carbocycles. The molecule has 0 saturated heterocycles. The lowest BCUT2D eigenvalue weighted by atomic mass is 10.2. The van der Waals surface area contributed by atoms with Gasteiger partial charge in [-0.3, -0.25) is 0 Å². The first-order valence-corrected chi connectivity index (χ1v) is 12.3. The van der Waals surface area contributed by atoms with E-state index >= 15 is 0 Å². The van der Waals surface area contributed by atoms with E-state index < -0.39 is 13.4 Å². The van der Waals surface area contributed by atoms with Crippen LogP contribution >= 0.6 is 19.8 Å². The SMILES string of the molecule is CCCCC(NC(=S)Nc1ccccc1)P(=O)(Oc1ccccc1)Oc1ccccc1. The summed E-state index contributed by atoms with van der Waals surface area (Å²) in [5.41, 5.74) is 0.844. The van der Waals surface area contributed by atoms with Gasteiger partial charge in [0.25, 0.3) is 0 Å². The van der Waals surface area contributed by atoms with Crippen LogP contribution in [0.5, 0.6) is 11.5 Å². The van der Waals surface area contributed by atoms with Gasteiger partial charge in [0.2, 0.25) is 0 Å². The predicted molar refractivity (Wildman–Crippen MR) is 131 cm³/mol. The number of hydrogen-bond acceptors (Lipinski definition) is 4. The van der Waals surface area contributed by atoms with Crippen LogP contribution in [0.1, 0.15) is 26.2 Å². The number of rotatable bonds is 10. The number of benzene rings is 3. The molecule has 0 saturated carbocycles. The topological polar surface area (TPSA) is 59.6 Å². The number of hydrogen-bond donors (Lipinski definition) is 2. The van der Waals surface area contributed by atoms with Crippen molar-refractivity contribution < 1.29 is 13.6 Å². The molecule has 3 aromatic rings. The Balaban J connectivity index is 1.86. The Kier molecular flexibility index (Phi) is 8.51. The van der Waals surface area contributed by atoms with Crippen molar-refractivity contribution in [2.75, 3.05) is 5.32 Å². The third-order valence-corrected chi connectivity index (χ3v) is 6.80. The summed E-state index contributed by atoms with van der Waals surface area (Å²) in [5.74, 6) is 0.329. The van der Waals surface area contributed by atoms with E-state index in [9.17, 15) is 4.57 Å². The molecule has 5 nitrogen and oxygen atoms in total. The van der Waals surface area contributed by atoms with Crippen LogP contribution in [-0.2, 0) is 4.57 Å². The van der Waals surface area contributed by atoms with Crippen LogP contribution in [0.25, 0.3) is 0 Å². The van der Waals surface area contributed by atoms with Crippen molar-refractivity contribution in [1.82, 2.24) is 5.32 Å². The Bertz CT molecular complexity index is 942. The third-order valence-electron chi connectivity index (χ3n) is 4.49. The summed E-state index contributed by atoms with van der Waals surface area (Å²) >= 11 is 5.51. The van der Waals surface area contributed by atoms with Gasteiger partial charge in [-0.2, -0.15) is 0 Å². The third kappa shape index (κ3) is 7.12. The molecule has 0 aliphatic rings. The fraction of sp³-hybridized carbons (Fsp3) is 0.208. The van der Waals surface area contributed by atoms with Crippen molar-refractivity contribution >= 4 is 30.6 Å². The highest BCUT2D eigenvalue weighted by molar-refractivity contribution is 7.80. The molecule has 1 atom stereocenters. The number of nitrogens with one attached hydrogen (secondary N) is 2. The van der Waals surface area contributed by atoms with Crippen molar-refractivity contribution in [3.05, 3.63) is 91.0 Å². The Labute approximate surface area is 189 Å². The van der Waals surface area contributed by atoms with Crippen LogP contribution in [0.15, 0.2) is 91.0 Å². The summed E-state index contributed by atoms with van der Waals surface area (Å²) in [4.78, 5) is 0. The highest BCUT2D eigenvalue weighted by atomic mass is 32.1. The summed E-state index contributed by atoms with van der Waals surface area (Å²) in [6.07, 6.45) is 2.35. The van der Waals surface area contributed by atoms with Gasteiger partial charge in [-0.25, -0.2) is 4.57 Å². The Hall–Kier alpha value is -2.82. The van der Waals surface area contributed by atoms with Gasteiger partial charge in [0.15, 0.2) is 10.9 Å². The fourth-order valence-electron chi connectivity index (χ4n) is 2.95. The molecular formula is C24H27N2O3PS. The highest BCUT2D eigenvalue weighted by Gasteiger charge is 2.39. The van der Waals surface area contributed by atoms with E-state index in [1.807, 2.05) is 66.7 Å². The molecular weight excluding hydrogens is 427 g/mol. The molecule has 0 fully saturated rings. The monoisotopic (exact) mass is 454 g/mol. The van der Waals surface area contributed by atoms with Crippen LogP contribution in [0.4, 0.5) is 5.69 Å². The van der Waals surface area contributed by atoms with Gasteiger partial charge in [0.1, 0.15) is 11.5 Å². The zero-order valence-corrected chi connectivity index (χ0v) is 19.2. The average Bonchev–Trinajstić information content (AvgIpc) is 2.78. The van der Waals surface area contributed by atoms with Crippen LogP contribution in [0.2, 0.25) is 0 Å². The molecule has 162 valence electrons. The van der Waals surface area contributed by atoms with E-state index in [-0.39, 0.29) is 0 Å². The molecule has 3 rings (SSSR count). The standard InChI is InChI=1S/C24H27N2O3PS/c1-2-3-19-23(26-24(31)25-20-13-7-4-8-14-20)30(27,28-21-15-9-5-10-16-21)29-22-17-11-6-12-18-22/h4-18,23H,2-3,19H2,1H3,(H2,25,26,31). The second-order valence-electron chi connectivity index (χ2n) is 6.97. The minimum absolute atomic E-state index is 0.362. The first kappa shape index (κ1) is 22.9. The molecule has 0 amide bonds. The van der Waals surface area contributed by atoms with E-state index in [0.717, 1.165) is 18.5 Å². The van der Waals surface area contributed by atoms with Gasteiger partial charge in [0.05, 0.1) is 0 Å². The van der Waals surface area contributed by atoms with Crippen LogP contribution in [0.3, 0.4) is 0 Å². The Morgan fingerprint density at radius 2 is 1.35 bits per heavy atom. The van der Waals surface area contributed by atoms with Crippen molar-refractivity contribution in [2.45, 2.75) is 32.0 Å². The minimum atomic E-state index is -3.70. The van der Waals surface area contributed by atoms with Gasteiger partial charge in [0, 0.05) is 5.69 Å². The zero-order chi connectivity index (χ0) is 21.9. The largest absolute Gasteiger partial charge is 0.452 e. The molecule has 3 aromatic carbocycles. The number of thiocarbonyl (C=S) groups is 1. The van der Waals surface area contributed by atoms with E-state index in [0.29, 0.717) is 23.0 Å². The smallest absolute Gasteiger partial charge is 0.415 e. The molecule has 0 bridgehead atoms. The number of unbranched alkanes of at least 4 members (excludes halogenated alkanes) is 1. The second-order valence-corrected chi connectivity index (χ2v) is 9.45. The highest BCUT2D eigenvalue weighted by Crippen LogP contribution is 2.53. The van der Waals surface area contributed by atoms with Crippen LogP contribution < -0.4 is 19.7 Å². The predicted octanol–water partition coefficient (Wildman–Crippen LogP) is 6.84. The summed E-state index contributed by atoms with van der Waals surface area (Å²) in [5, 5.41) is 6.69. The molecule has 1 unspecified atom stereocenters. The molecule has 0 radical (unpaired) electrons. The van der Waals surface area contributed by atoms with Crippen molar-refractivity contribution in [2.24, 2.45) is 0 Å². The lowest BCUT2D eigenvalue weighted by Gasteiger charge is -2.29. The van der Waals surface area contributed by atoms with E-state index in [4.69, 9.17) is 21.3 Å². The summed E-state index contributed by atoms with van der Waals surface area (Å²) in [6.45, 7) is 2.08. The zero-order valence-electron chi connectivity index (χ0n) is 17.4. The molecule has 31 heavy (non-hydrogen) atoms. The maximum Gasteiger partial charge on any atom is 0.452 e. The van der Waals surface area contributed by atoms with Gasteiger partial charge in [-0.1, -0.05) is 74.4 Å². The normalized spacial score (nSPS) is 11.9. The summed E-state index contributed by atoms with van der Waals surface area (Å²) in [7, 11) is -3.70. The van der Waals surface area contributed by atoms with Gasteiger partial charge < -0.3 is 19.7 Å². The van der Waals surface area contributed by atoms with Crippen LogP contribution in [0, 0.1) is 0 Å². The van der Waals surface area contributed by atoms with E-state index in [1.165, 1.54) is 0 Å². The molecule has 0 aliphatic heterocycles. The first-order chi connectivity index (χ1) is 15.1. The molecule has 0 heterocycles. The van der Waals surface area contributed by atoms with Crippen molar-refractivity contribution in [1.29, 1.82) is 0 Å². The quantitative estimate of drug-likeness (QED) is 0.258. The van der Waals surface area contributed by atoms with Gasteiger partial charge >= 0.3 is 7.60 Å². The lowest BCUT2D eigenvalue weighted by molar-refractivity contribution is 0.362. The number of anilines is 1. The maximum atomic E-state index is 14.2. The lowest BCUT2D eigenvalue weighted by Crippen LogP contribution is -2.39. The van der Waals surface area contributed by atoms with E-state index in [2.05, 4.69) is 17.6 Å². The van der Waals surface area contributed by atoms with Crippen molar-refractivity contribution in [3.8, 4) is 11.5 Å². The van der Waals surface area contributed by atoms with Crippen molar-refractivity contribution in [3.63, 3.8) is 0 Å². The average molecular weight is 455 g/mol. The fourth-order valence-corrected chi connectivity index (χ4v) is 5.21. The summed E-state index contributed by atoms with van der Waals surface area (Å²) < 4.78 is 26.2. The summed E-state index contributed by atoms with van der Waals surface area (Å²) in [6, 6.07) is 27.7. The minimum Gasteiger partial charge on any atom is -0.415 e. The first-order valence-electron chi connectivity index (χ1n) is 10.3. The maximum absolute atomic E-state index is 14.2. The molecule has 0 spiro atoms. The van der Waals surface area contributed by atoms with Crippen LogP contribution in [-0.4, -0.2) is 10.9 Å². The number of para-hydroxylation sites is 3. The molecule has 0 aromatic heterocycles. The Morgan fingerprint density at radius 3 is 1.84 bits per heavy atom. The van der Waals surface area contributed by atoms with Gasteiger partial charge in [-0.15, -0.1) is 0 Å². The van der Waals surface area contributed by atoms with E-state index in [1.54, 1.807) is 24.3 Å². The molecule has 7 heteroatoms. The molecule has 2 N–H and O–H groups in total.